The van der Waals surface area contributed by atoms with E-state index in [1.807, 2.05) is 13.8 Å². The van der Waals surface area contributed by atoms with E-state index in [1.54, 1.807) is 24.3 Å². The van der Waals surface area contributed by atoms with E-state index in [0.29, 0.717) is 40.5 Å². The van der Waals surface area contributed by atoms with Crippen LogP contribution in [0.25, 0.3) is 0 Å². The van der Waals surface area contributed by atoms with Gasteiger partial charge in [-0.3, -0.25) is 0 Å². The Morgan fingerprint density at radius 1 is 1.11 bits per heavy atom. The summed E-state index contributed by atoms with van der Waals surface area (Å²) in [5, 5.41) is 3.83. The summed E-state index contributed by atoms with van der Waals surface area (Å²) < 4.78 is 41.4. The molecule has 0 radical (unpaired) electrons. The molecule has 0 atom stereocenters. The van der Waals surface area contributed by atoms with Crippen LogP contribution in [0.3, 0.4) is 0 Å². The van der Waals surface area contributed by atoms with Gasteiger partial charge >= 0.3 is 0 Å². The summed E-state index contributed by atoms with van der Waals surface area (Å²) in [6.07, 6.45) is 1.38. The zero-order valence-electron chi connectivity index (χ0n) is 15.2. The highest BCUT2D eigenvalue weighted by Crippen LogP contribution is 2.36. The molecule has 2 aromatic carbocycles. The number of hydrogen-bond acceptors (Lipinski definition) is 6. The molecule has 2 rings (SSSR count). The highest BCUT2D eigenvalue weighted by molar-refractivity contribution is 9.10. The van der Waals surface area contributed by atoms with Crippen LogP contribution in [0, 0.1) is 0 Å². The topological polar surface area (TPSA) is 86.2 Å². The van der Waals surface area contributed by atoms with Gasteiger partial charge in [0.05, 0.1) is 35.9 Å². The van der Waals surface area contributed by atoms with E-state index in [4.69, 9.17) is 14.2 Å². The lowest BCUT2D eigenvalue weighted by atomic mass is 10.2. The minimum atomic E-state index is -3.78. The first-order chi connectivity index (χ1) is 12.9. The molecule has 0 amide bonds. The molecule has 0 aliphatic rings. The van der Waals surface area contributed by atoms with E-state index in [1.165, 1.54) is 25.5 Å². The van der Waals surface area contributed by atoms with Gasteiger partial charge in [-0.15, -0.1) is 0 Å². The van der Waals surface area contributed by atoms with E-state index in [0.717, 1.165) is 0 Å². The summed E-state index contributed by atoms with van der Waals surface area (Å²) in [7, 11) is -2.25. The van der Waals surface area contributed by atoms with Crippen LogP contribution in [0.2, 0.25) is 0 Å². The van der Waals surface area contributed by atoms with E-state index in [2.05, 4.69) is 25.9 Å². The van der Waals surface area contributed by atoms with Crippen molar-refractivity contribution in [3.63, 3.8) is 0 Å². The van der Waals surface area contributed by atoms with Gasteiger partial charge in [-0.05, 0) is 71.7 Å². The molecule has 0 aromatic heterocycles. The lowest BCUT2D eigenvalue weighted by molar-refractivity contribution is 0.309. The van der Waals surface area contributed by atoms with Crippen LogP contribution in [0.1, 0.15) is 19.4 Å². The standard InChI is InChI=1S/C18H21BrN2O5S/c1-4-25-14-6-8-15(9-7-14)27(22,23)21-20-12-13-10-16(19)18(26-5-2)17(11-13)24-3/h6-12,21H,4-5H2,1-3H3/b20-12+. The van der Waals surface area contributed by atoms with Crippen molar-refractivity contribution in [2.45, 2.75) is 18.7 Å². The van der Waals surface area contributed by atoms with Gasteiger partial charge < -0.3 is 14.2 Å². The molecule has 0 heterocycles. The number of benzene rings is 2. The highest BCUT2D eigenvalue weighted by atomic mass is 79.9. The van der Waals surface area contributed by atoms with Crippen LogP contribution in [0.5, 0.6) is 17.2 Å². The summed E-state index contributed by atoms with van der Waals surface area (Å²) in [5.74, 6) is 1.69. The van der Waals surface area contributed by atoms with Crippen LogP contribution in [-0.2, 0) is 10.0 Å². The molecule has 1 N–H and O–H groups in total. The molecule has 7 nitrogen and oxygen atoms in total. The predicted molar refractivity (Wildman–Crippen MR) is 107 cm³/mol. The molecule has 0 saturated heterocycles. The zero-order valence-corrected chi connectivity index (χ0v) is 17.6. The third-order valence-electron chi connectivity index (χ3n) is 3.37. The quantitative estimate of drug-likeness (QED) is 0.460. The molecule has 0 spiro atoms. The Morgan fingerprint density at radius 2 is 1.78 bits per heavy atom. The predicted octanol–water partition coefficient (Wildman–Crippen LogP) is 3.57. The van der Waals surface area contributed by atoms with E-state index >= 15 is 0 Å². The van der Waals surface area contributed by atoms with Gasteiger partial charge in [0.25, 0.3) is 10.0 Å². The average molecular weight is 457 g/mol. The molecule has 0 fully saturated rings. The number of nitrogens with zero attached hydrogens (tertiary/aromatic N) is 1. The lowest BCUT2D eigenvalue weighted by Gasteiger charge is -2.12. The lowest BCUT2D eigenvalue weighted by Crippen LogP contribution is -2.18. The number of sulfonamides is 1. The fourth-order valence-electron chi connectivity index (χ4n) is 2.20. The Bertz CT molecular complexity index is 899. The van der Waals surface area contributed by atoms with Gasteiger partial charge in [-0.1, -0.05) is 0 Å². The second kappa shape index (κ2) is 9.61. The number of nitrogens with one attached hydrogen (secondary N) is 1. The van der Waals surface area contributed by atoms with Crippen molar-refractivity contribution in [3.8, 4) is 17.2 Å². The Labute approximate surface area is 167 Å². The zero-order chi connectivity index (χ0) is 19.9. The normalized spacial score (nSPS) is 11.4. The molecule has 0 saturated carbocycles. The number of methoxy groups -OCH3 is 1. The minimum absolute atomic E-state index is 0.0913. The van der Waals surface area contributed by atoms with Crippen molar-refractivity contribution in [2.75, 3.05) is 20.3 Å². The molecule has 27 heavy (non-hydrogen) atoms. The molecule has 0 aliphatic heterocycles. The Morgan fingerprint density at radius 3 is 2.37 bits per heavy atom. The summed E-state index contributed by atoms with van der Waals surface area (Å²) in [4.78, 5) is 2.28. The Kier molecular flexibility index (Phi) is 7.49. The van der Waals surface area contributed by atoms with E-state index in [-0.39, 0.29) is 4.90 Å². The van der Waals surface area contributed by atoms with Gasteiger partial charge in [0.1, 0.15) is 5.75 Å². The minimum Gasteiger partial charge on any atom is -0.494 e. The molecule has 0 unspecified atom stereocenters. The fraction of sp³-hybridized carbons (Fsp3) is 0.278. The number of rotatable bonds is 9. The molecule has 0 bridgehead atoms. The highest BCUT2D eigenvalue weighted by Gasteiger charge is 2.13. The Balaban J connectivity index is 2.15. The molecule has 0 aliphatic carbocycles. The third kappa shape index (κ3) is 5.61. The van der Waals surface area contributed by atoms with Crippen LogP contribution in [0.4, 0.5) is 0 Å². The molecule has 9 heteroatoms. The summed E-state index contributed by atoms with van der Waals surface area (Å²) in [6, 6.07) is 9.55. The van der Waals surface area contributed by atoms with Gasteiger partial charge in [0.2, 0.25) is 0 Å². The first kappa shape index (κ1) is 21.0. The Hall–Kier alpha value is -2.26. The maximum atomic E-state index is 12.3. The van der Waals surface area contributed by atoms with Crippen LogP contribution in [0.15, 0.2) is 50.9 Å². The van der Waals surface area contributed by atoms with Gasteiger partial charge in [-0.2, -0.15) is 13.5 Å². The number of hydrazone groups is 1. The first-order valence-corrected chi connectivity index (χ1v) is 10.5. The monoisotopic (exact) mass is 456 g/mol. The maximum absolute atomic E-state index is 12.3. The van der Waals surface area contributed by atoms with Gasteiger partial charge in [-0.25, -0.2) is 4.83 Å². The number of hydrogen-bond donors (Lipinski definition) is 1. The van der Waals surface area contributed by atoms with E-state index < -0.39 is 10.0 Å². The molecule has 146 valence electrons. The van der Waals surface area contributed by atoms with Crippen molar-refractivity contribution in [1.29, 1.82) is 0 Å². The van der Waals surface area contributed by atoms with Crippen molar-refractivity contribution < 1.29 is 22.6 Å². The van der Waals surface area contributed by atoms with E-state index in [9.17, 15) is 8.42 Å². The third-order valence-corrected chi connectivity index (χ3v) is 5.20. The SMILES string of the molecule is CCOc1ccc(S(=O)(=O)N/N=C/c2cc(Br)c(OCC)c(OC)c2)cc1. The molecular weight excluding hydrogens is 436 g/mol. The summed E-state index contributed by atoms with van der Waals surface area (Å²) >= 11 is 3.41. The summed E-state index contributed by atoms with van der Waals surface area (Å²) in [6.45, 7) is 4.73. The van der Waals surface area contributed by atoms with Crippen molar-refractivity contribution in [2.24, 2.45) is 5.10 Å². The van der Waals surface area contributed by atoms with Gasteiger partial charge in [0.15, 0.2) is 11.5 Å². The molecular formula is C18H21BrN2O5S. The average Bonchev–Trinajstić information content (AvgIpc) is 2.64. The largest absolute Gasteiger partial charge is 0.494 e. The number of ether oxygens (including phenoxy) is 3. The van der Waals surface area contributed by atoms with Crippen LogP contribution < -0.4 is 19.0 Å². The van der Waals surface area contributed by atoms with Gasteiger partial charge in [0, 0.05) is 0 Å². The first-order valence-electron chi connectivity index (χ1n) is 8.19. The summed E-state index contributed by atoms with van der Waals surface area (Å²) in [5.41, 5.74) is 0.636. The van der Waals surface area contributed by atoms with Crippen LogP contribution in [-0.4, -0.2) is 35.0 Å². The van der Waals surface area contributed by atoms with Crippen molar-refractivity contribution >= 4 is 32.2 Å². The second-order valence-electron chi connectivity index (χ2n) is 5.22. The second-order valence-corrected chi connectivity index (χ2v) is 7.74. The molecule has 2 aromatic rings. The van der Waals surface area contributed by atoms with Crippen LogP contribution >= 0.6 is 15.9 Å². The van der Waals surface area contributed by atoms with Crippen molar-refractivity contribution in [1.82, 2.24) is 4.83 Å². The maximum Gasteiger partial charge on any atom is 0.276 e. The fourth-order valence-corrected chi connectivity index (χ4v) is 3.57. The number of halogens is 1. The smallest absolute Gasteiger partial charge is 0.276 e. The van der Waals surface area contributed by atoms with Crippen molar-refractivity contribution in [3.05, 3.63) is 46.4 Å².